The molecule has 3 rings (SSSR count). The van der Waals surface area contributed by atoms with Gasteiger partial charge in [0.05, 0.1) is 0 Å². The SMILES string of the molecule is O=c1[nH]c(=Cc2ccc(N(CCCl)CCCl)cc2)c(=O)[nH]c1=Cc1ccc(N(CCCl)CCCl)cc1. The smallest absolute Gasteiger partial charge is 0.272 e. The number of hydrogen-bond acceptors (Lipinski definition) is 4. The monoisotopic (exact) mass is 568 g/mol. The van der Waals surface area contributed by atoms with Crippen molar-refractivity contribution < 1.29 is 0 Å². The number of anilines is 2. The summed E-state index contributed by atoms with van der Waals surface area (Å²) in [6.07, 6.45) is 3.27. The first-order valence-corrected chi connectivity index (χ1v) is 13.6. The predicted molar refractivity (Wildman–Crippen MR) is 154 cm³/mol. The molecule has 0 radical (unpaired) electrons. The van der Waals surface area contributed by atoms with Gasteiger partial charge in [-0.2, -0.15) is 0 Å². The first-order valence-electron chi connectivity index (χ1n) is 11.5. The molecule has 2 aromatic carbocycles. The zero-order valence-corrected chi connectivity index (χ0v) is 22.7. The van der Waals surface area contributed by atoms with Crippen LogP contribution in [0.4, 0.5) is 11.4 Å². The van der Waals surface area contributed by atoms with E-state index in [0.29, 0.717) is 49.7 Å². The second-order valence-electron chi connectivity index (χ2n) is 7.94. The van der Waals surface area contributed by atoms with Crippen molar-refractivity contribution >= 4 is 69.9 Å². The number of nitrogens with one attached hydrogen (secondary N) is 2. The second-order valence-corrected chi connectivity index (χ2v) is 9.45. The molecule has 0 bridgehead atoms. The molecule has 192 valence electrons. The minimum atomic E-state index is -0.386. The van der Waals surface area contributed by atoms with Crippen molar-refractivity contribution in [2.24, 2.45) is 0 Å². The third-order valence-electron chi connectivity index (χ3n) is 5.54. The van der Waals surface area contributed by atoms with Crippen LogP contribution in [0.25, 0.3) is 12.2 Å². The Balaban J connectivity index is 1.86. The molecule has 2 N–H and O–H groups in total. The van der Waals surface area contributed by atoms with Gasteiger partial charge >= 0.3 is 0 Å². The Kier molecular flexibility index (Phi) is 11.3. The number of nitrogens with zero attached hydrogens (tertiary/aromatic N) is 2. The molecule has 0 aliphatic rings. The number of H-pyrrole nitrogens is 2. The molecule has 0 amide bonds. The lowest BCUT2D eigenvalue weighted by atomic mass is 10.1. The van der Waals surface area contributed by atoms with Gasteiger partial charge < -0.3 is 19.8 Å². The maximum atomic E-state index is 12.7. The van der Waals surface area contributed by atoms with Crippen LogP contribution in [0, 0.1) is 0 Å². The largest absolute Gasteiger partial charge is 0.369 e. The number of aromatic amines is 2. The first kappa shape index (κ1) is 28.2. The van der Waals surface area contributed by atoms with E-state index in [9.17, 15) is 9.59 Å². The van der Waals surface area contributed by atoms with Crippen LogP contribution in [0.2, 0.25) is 0 Å². The third-order valence-corrected chi connectivity index (χ3v) is 6.22. The second kappa shape index (κ2) is 14.4. The summed E-state index contributed by atoms with van der Waals surface area (Å²) in [7, 11) is 0. The Hall–Kier alpha value is -2.38. The summed E-state index contributed by atoms with van der Waals surface area (Å²) in [5.74, 6) is 1.98. The standard InChI is InChI=1S/C26H28Cl4N4O2/c27-9-13-33(14-10-28)21-5-1-19(2-6-21)17-23-25(35)32-24(26(36)31-23)18-20-3-7-22(8-4-20)34(15-11-29)16-12-30/h1-8,17-18H,9-16H2,(H,31,36)(H,32,35). The fraction of sp³-hybridized carbons (Fsp3) is 0.308. The summed E-state index contributed by atoms with van der Waals surface area (Å²) in [6.45, 7) is 2.74. The van der Waals surface area contributed by atoms with Crippen molar-refractivity contribution in [3.05, 3.63) is 91.1 Å². The topological polar surface area (TPSA) is 72.2 Å². The van der Waals surface area contributed by atoms with Gasteiger partial charge in [0.15, 0.2) is 0 Å². The van der Waals surface area contributed by atoms with Crippen LogP contribution < -0.4 is 31.6 Å². The normalized spacial score (nSPS) is 12.2. The Labute approximate surface area is 229 Å². The molecule has 6 nitrogen and oxygen atoms in total. The number of halogens is 4. The molecule has 0 atom stereocenters. The van der Waals surface area contributed by atoms with Gasteiger partial charge in [0.25, 0.3) is 11.1 Å². The van der Waals surface area contributed by atoms with Crippen LogP contribution in [0.1, 0.15) is 11.1 Å². The Morgan fingerprint density at radius 2 is 0.861 bits per heavy atom. The third kappa shape index (κ3) is 7.81. The van der Waals surface area contributed by atoms with Crippen LogP contribution >= 0.6 is 46.4 Å². The molecule has 0 saturated heterocycles. The summed E-state index contributed by atoms with van der Waals surface area (Å²) in [4.78, 5) is 34.9. The highest BCUT2D eigenvalue weighted by molar-refractivity contribution is 6.19. The maximum absolute atomic E-state index is 12.7. The van der Waals surface area contributed by atoms with Gasteiger partial charge in [0.2, 0.25) is 0 Å². The Morgan fingerprint density at radius 1 is 0.556 bits per heavy atom. The Morgan fingerprint density at radius 3 is 1.14 bits per heavy atom. The van der Waals surface area contributed by atoms with Crippen molar-refractivity contribution in [2.75, 3.05) is 59.5 Å². The number of benzene rings is 2. The highest BCUT2D eigenvalue weighted by Gasteiger charge is 2.06. The van der Waals surface area contributed by atoms with Crippen molar-refractivity contribution in [3.63, 3.8) is 0 Å². The minimum absolute atomic E-state index is 0.177. The van der Waals surface area contributed by atoms with E-state index in [2.05, 4.69) is 19.8 Å². The number of rotatable bonds is 12. The van der Waals surface area contributed by atoms with Crippen molar-refractivity contribution in [1.29, 1.82) is 0 Å². The van der Waals surface area contributed by atoms with Crippen LogP contribution in [0.15, 0.2) is 58.1 Å². The fourth-order valence-corrected chi connectivity index (χ4v) is 4.56. The molecule has 0 spiro atoms. The highest BCUT2D eigenvalue weighted by Crippen LogP contribution is 2.17. The van der Waals surface area contributed by atoms with E-state index in [4.69, 9.17) is 46.4 Å². The summed E-state index contributed by atoms with van der Waals surface area (Å²) >= 11 is 23.5. The van der Waals surface area contributed by atoms with Crippen LogP contribution in [-0.4, -0.2) is 59.7 Å². The van der Waals surface area contributed by atoms with E-state index < -0.39 is 0 Å². The molecule has 3 aromatic rings. The Bertz CT molecular complexity index is 1220. The molecule has 0 aliphatic heterocycles. The lowest BCUT2D eigenvalue weighted by Crippen LogP contribution is -2.46. The van der Waals surface area contributed by atoms with Gasteiger partial charge in [0, 0.05) is 61.1 Å². The molecule has 10 heteroatoms. The van der Waals surface area contributed by atoms with Gasteiger partial charge in [-0.1, -0.05) is 24.3 Å². The van der Waals surface area contributed by atoms with Crippen LogP contribution in [0.3, 0.4) is 0 Å². The van der Waals surface area contributed by atoms with E-state index in [1.165, 1.54) is 0 Å². The van der Waals surface area contributed by atoms with Crippen molar-refractivity contribution in [1.82, 2.24) is 9.97 Å². The quantitative estimate of drug-likeness (QED) is 0.328. The fourth-order valence-electron chi connectivity index (χ4n) is 3.74. The van der Waals surface area contributed by atoms with Gasteiger partial charge in [-0.3, -0.25) is 9.59 Å². The van der Waals surface area contributed by atoms with Crippen LogP contribution in [-0.2, 0) is 0 Å². The lowest BCUT2D eigenvalue weighted by Gasteiger charge is -2.22. The summed E-state index contributed by atoms with van der Waals surface area (Å²) in [5.41, 5.74) is 2.76. The highest BCUT2D eigenvalue weighted by atomic mass is 35.5. The number of aromatic nitrogens is 2. The van der Waals surface area contributed by atoms with E-state index in [1.807, 2.05) is 48.5 Å². The van der Waals surface area contributed by atoms with Gasteiger partial charge in [0.1, 0.15) is 10.7 Å². The van der Waals surface area contributed by atoms with Crippen molar-refractivity contribution in [2.45, 2.75) is 0 Å². The van der Waals surface area contributed by atoms with E-state index in [-0.39, 0.29) is 21.8 Å². The average Bonchev–Trinajstić information content (AvgIpc) is 2.88. The predicted octanol–water partition coefficient (Wildman–Crippen LogP) is 3.29. The first-order chi connectivity index (χ1) is 17.5. The molecule has 36 heavy (non-hydrogen) atoms. The molecular weight excluding hydrogens is 542 g/mol. The molecule has 1 aromatic heterocycles. The lowest BCUT2D eigenvalue weighted by molar-refractivity contribution is 0.874. The van der Waals surface area contributed by atoms with Gasteiger partial charge in [-0.25, -0.2) is 0 Å². The van der Waals surface area contributed by atoms with Crippen molar-refractivity contribution in [3.8, 4) is 0 Å². The van der Waals surface area contributed by atoms with E-state index >= 15 is 0 Å². The molecule has 1 heterocycles. The molecule has 0 unspecified atom stereocenters. The summed E-state index contributed by atoms with van der Waals surface area (Å²) in [6, 6.07) is 15.2. The number of alkyl halides is 4. The molecular formula is C26H28Cl4N4O2. The van der Waals surface area contributed by atoms with Crippen LogP contribution in [0.5, 0.6) is 0 Å². The number of hydrogen-bond donors (Lipinski definition) is 2. The molecule has 0 fully saturated rings. The molecule has 0 aliphatic carbocycles. The maximum Gasteiger partial charge on any atom is 0.272 e. The van der Waals surface area contributed by atoms with E-state index in [1.54, 1.807) is 12.2 Å². The van der Waals surface area contributed by atoms with Gasteiger partial charge in [-0.15, -0.1) is 46.4 Å². The average molecular weight is 570 g/mol. The zero-order chi connectivity index (χ0) is 25.9. The summed E-state index contributed by atoms with van der Waals surface area (Å²) < 4.78 is 0. The van der Waals surface area contributed by atoms with Gasteiger partial charge in [-0.05, 0) is 47.5 Å². The molecule has 0 saturated carbocycles. The minimum Gasteiger partial charge on any atom is -0.369 e. The summed E-state index contributed by atoms with van der Waals surface area (Å²) in [5, 5.41) is 0.354. The van der Waals surface area contributed by atoms with E-state index in [0.717, 1.165) is 22.5 Å². The zero-order valence-electron chi connectivity index (χ0n) is 19.7.